The third-order valence-corrected chi connectivity index (χ3v) is 6.94. The molecular weight excluding hydrogens is 412 g/mol. The average Bonchev–Trinajstić information content (AvgIpc) is 3.21. The minimum Gasteiger partial charge on any atom is -0.354 e. The third-order valence-electron chi connectivity index (χ3n) is 6.71. The lowest BCUT2D eigenvalue weighted by Gasteiger charge is -2.31. The molecule has 4 rings (SSSR count). The van der Waals surface area contributed by atoms with Crippen LogP contribution >= 0.6 is 11.6 Å². The average molecular weight is 441 g/mol. The number of carbonyl (C=O) groups excluding carboxylic acids is 2. The second-order valence-corrected chi connectivity index (χ2v) is 9.12. The highest BCUT2D eigenvalue weighted by Gasteiger charge is 2.31. The Bertz CT molecular complexity index is 928. The van der Waals surface area contributed by atoms with E-state index in [1.807, 2.05) is 18.2 Å². The summed E-state index contributed by atoms with van der Waals surface area (Å²) in [5.74, 6) is 0.313. The lowest BCUT2D eigenvalue weighted by molar-refractivity contribution is -0.122. The van der Waals surface area contributed by atoms with Gasteiger partial charge >= 0.3 is 0 Å². The van der Waals surface area contributed by atoms with Crippen LogP contribution in [-0.4, -0.2) is 29.4 Å². The van der Waals surface area contributed by atoms with E-state index in [-0.39, 0.29) is 29.7 Å². The van der Waals surface area contributed by atoms with E-state index in [2.05, 4.69) is 15.6 Å². The minimum absolute atomic E-state index is 0.00743. The number of amides is 2. The SMILES string of the molecule is N[C@H](CNC(=O)C1CCc2cc(Cl)ccc21)C1CCC(C(=O)Nc2ccncc2)CC1. The molecule has 4 N–H and O–H groups in total. The molecule has 2 atom stereocenters. The summed E-state index contributed by atoms with van der Waals surface area (Å²) in [5.41, 5.74) is 9.44. The molecule has 1 heterocycles. The monoisotopic (exact) mass is 440 g/mol. The van der Waals surface area contributed by atoms with Crippen LogP contribution in [0, 0.1) is 11.8 Å². The zero-order chi connectivity index (χ0) is 21.8. The van der Waals surface area contributed by atoms with Gasteiger partial charge in [-0.25, -0.2) is 0 Å². The van der Waals surface area contributed by atoms with Gasteiger partial charge in [-0.2, -0.15) is 0 Å². The lowest BCUT2D eigenvalue weighted by atomic mass is 9.78. The van der Waals surface area contributed by atoms with E-state index in [9.17, 15) is 9.59 Å². The Morgan fingerprint density at radius 1 is 1.06 bits per heavy atom. The van der Waals surface area contributed by atoms with Gasteiger partial charge in [0, 0.05) is 41.6 Å². The molecule has 0 aliphatic heterocycles. The lowest BCUT2D eigenvalue weighted by Crippen LogP contribution is -2.44. The van der Waals surface area contributed by atoms with Crippen molar-refractivity contribution in [2.24, 2.45) is 17.6 Å². The summed E-state index contributed by atoms with van der Waals surface area (Å²) < 4.78 is 0. The number of carbonyl (C=O) groups is 2. The third kappa shape index (κ3) is 5.25. The van der Waals surface area contributed by atoms with Gasteiger partial charge in [-0.3, -0.25) is 14.6 Å². The van der Waals surface area contributed by atoms with Crippen molar-refractivity contribution in [3.63, 3.8) is 0 Å². The molecule has 6 nitrogen and oxygen atoms in total. The van der Waals surface area contributed by atoms with E-state index in [0.29, 0.717) is 17.5 Å². The molecular formula is C24H29ClN4O2. The molecule has 1 fully saturated rings. The van der Waals surface area contributed by atoms with Crippen LogP contribution < -0.4 is 16.4 Å². The first-order valence-corrected chi connectivity index (χ1v) is 11.4. The van der Waals surface area contributed by atoms with Crippen LogP contribution in [0.3, 0.4) is 0 Å². The fraction of sp³-hybridized carbons (Fsp3) is 0.458. The molecule has 2 aliphatic carbocycles. The van der Waals surface area contributed by atoms with Gasteiger partial charge in [0.05, 0.1) is 5.92 Å². The highest BCUT2D eigenvalue weighted by molar-refractivity contribution is 6.30. The van der Waals surface area contributed by atoms with E-state index in [4.69, 9.17) is 17.3 Å². The maximum atomic E-state index is 12.7. The number of nitrogens with one attached hydrogen (secondary N) is 2. The van der Waals surface area contributed by atoms with Gasteiger partial charge in [0.1, 0.15) is 0 Å². The van der Waals surface area contributed by atoms with Crippen LogP contribution in [-0.2, 0) is 16.0 Å². The molecule has 0 spiro atoms. The minimum atomic E-state index is -0.118. The van der Waals surface area contributed by atoms with Gasteiger partial charge in [-0.05, 0) is 79.8 Å². The maximum absolute atomic E-state index is 12.7. The Morgan fingerprint density at radius 2 is 1.81 bits per heavy atom. The van der Waals surface area contributed by atoms with Gasteiger partial charge in [0.25, 0.3) is 0 Å². The van der Waals surface area contributed by atoms with Crippen molar-refractivity contribution in [3.8, 4) is 0 Å². The summed E-state index contributed by atoms with van der Waals surface area (Å²) in [5, 5.41) is 6.74. The molecule has 1 unspecified atom stereocenters. The molecule has 0 saturated heterocycles. The van der Waals surface area contributed by atoms with Gasteiger partial charge in [-0.1, -0.05) is 17.7 Å². The number of pyridine rings is 1. The van der Waals surface area contributed by atoms with Crippen LogP contribution in [0.2, 0.25) is 5.02 Å². The molecule has 2 aromatic rings. The normalized spacial score (nSPS) is 23.6. The molecule has 2 aliphatic rings. The van der Waals surface area contributed by atoms with E-state index in [1.165, 1.54) is 5.56 Å². The molecule has 7 heteroatoms. The van der Waals surface area contributed by atoms with Crippen molar-refractivity contribution in [3.05, 3.63) is 58.9 Å². The van der Waals surface area contributed by atoms with Gasteiger partial charge in [-0.15, -0.1) is 0 Å². The molecule has 0 radical (unpaired) electrons. The molecule has 31 heavy (non-hydrogen) atoms. The Kier molecular flexibility index (Phi) is 6.88. The van der Waals surface area contributed by atoms with Crippen molar-refractivity contribution in [2.75, 3.05) is 11.9 Å². The summed E-state index contributed by atoms with van der Waals surface area (Å²) in [6.45, 7) is 0.469. The highest BCUT2D eigenvalue weighted by Crippen LogP contribution is 2.35. The molecule has 1 aromatic heterocycles. The number of nitrogens with two attached hydrogens (primary N) is 1. The van der Waals surface area contributed by atoms with Crippen molar-refractivity contribution in [1.29, 1.82) is 0 Å². The Morgan fingerprint density at radius 3 is 2.55 bits per heavy atom. The standard InChI is InChI=1S/C24H29ClN4O2/c25-18-6-8-20-17(13-18)5-7-21(20)24(31)28-14-22(26)15-1-3-16(4-2-15)23(30)29-19-9-11-27-12-10-19/h6,8-13,15-16,21-22H,1-5,7,14,26H2,(H,28,31)(H,27,29,30)/t15?,16?,21?,22-/m1/s1. The number of hydrogen-bond donors (Lipinski definition) is 3. The van der Waals surface area contributed by atoms with Crippen LogP contribution in [0.4, 0.5) is 5.69 Å². The first-order chi connectivity index (χ1) is 15.0. The van der Waals surface area contributed by atoms with E-state index < -0.39 is 0 Å². The molecule has 0 bridgehead atoms. The second kappa shape index (κ2) is 9.79. The van der Waals surface area contributed by atoms with Crippen molar-refractivity contribution < 1.29 is 9.59 Å². The maximum Gasteiger partial charge on any atom is 0.227 e. The number of aryl methyl sites for hydroxylation is 1. The van der Waals surface area contributed by atoms with E-state index in [1.54, 1.807) is 24.5 Å². The molecule has 164 valence electrons. The molecule has 2 amide bonds. The summed E-state index contributed by atoms with van der Waals surface area (Å²) in [4.78, 5) is 29.2. The van der Waals surface area contributed by atoms with Gasteiger partial charge in [0.2, 0.25) is 11.8 Å². The fourth-order valence-electron chi connectivity index (χ4n) is 4.86. The number of halogens is 1. The number of hydrogen-bond acceptors (Lipinski definition) is 4. The number of anilines is 1. The van der Waals surface area contributed by atoms with Crippen molar-refractivity contribution in [2.45, 2.75) is 50.5 Å². The Balaban J connectivity index is 1.22. The summed E-state index contributed by atoms with van der Waals surface area (Å²) >= 11 is 6.06. The summed E-state index contributed by atoms with van der Waals surface area (Å²) in [7, 11) is 0. The molecule has 1 saturated carbocycles. The van der Waals surface area contributed by atoms with E-state index in [0.717, 1.165) is 49.8 Å². The van der Waals surface area contributed by atoms with Crippen LogP contribution in [0.25, 0.3) is 0 Å². The van der Waals surface area contributed by atoms with Crippen molar-refractivity contribution in [1.82, 2.24) is 10.3 Å². The predicted molar refractivity (Wildman–Crippen MR) is 122 cm³/mol. The Labute approximate surface area is 188 Å². The Hall–Kier alpha value is -2.44. The number of rotatable bonds is 6. The highest BCUT2D eigenvalue weighted by atomic mass is 35.5. The van der Waals surface area contributed by atoms with Gasteiger partial charge in [0.15, 0.2) is 0 Å². The number of nitrogens with zero attached hydrogens (tertiary/aromatic N) is 1. The quantitative estimate of drug-likeness (QED) is 0.638. The fourth-order valence-corrected chi connectivity index (χ4v) is 5.05. The molecule has 1 aromatic carbocycles. The zero-order valence-corrected chi connectivity index (χ0v) is 18.3. The zero-order valence-electron chi connectivity index (χ0n) is 17.5. The topological polar surface area (TPSA) is 97.1 Å². The smallest absolute Gasteiger partial charge is 0.227 e. The number of fused-ring (bicyclic) bond motifs is 1. The van der Waals surface area contributed by atoms with Crippen LogP contribution in [0.5, 0.6) is 0 Å². The van der Waals surface area contributed by atoms with Crippen molar-refractivity contribution >= 4 is 29.1 Å². The first-order valence-electron chi connectivity index (χ1n) is 11.0. The number of aromatic nitrogens is 1. The van der Waals surface area contributed by atoms with Crippen LogP contribution in [0.1, 0.15) is 49.1 Å². The van der Waals surface area contributed by atoms with Crippen LogP contribution in [0.15, 0.2) is 42.7 Å². The first kappa shape index (κ1) is 21.8. The summed E-state index contributed by atoms with van der Waals surface area (Å²) in [6, 6.07) is 9.26. The van der Waals surface area contributed by atoms with Gasteiger partial charge < -0.3 is 16.4 Å². The second-order valence-electron chi connectivity index (χ2n) is 8.68. The van der Waals surface area contributed by atoms with E-state index >= 15 is 0 Å². The predicted octanol–water partition coefficient (Wildman–Crippen LogP) is 3.65. The largest absolute Gasteiger partial charge is 0.354 e. The number of benzene rings is 1. The summed E-state index contributed by atoms with van der Waals surface area (Å²) in [6.07, 6.45) is 8.46.